The van der Waals surface area contributed by atoms with Gasteiger partial charge in [-0.1, -0.05) is 0 Å². The Labute approximate surface area is 146 Å². The van der Waals surface area contributed by atoms with Gasteiger partial charge in [-0.15, -0.1) is 0 Å². The highest BCUT2D eigenvalue weighted by Gasteiger charge is 2.23. The lowest BCUT2D eigenvalue weighted by molar-refractivity contribution is -0.122. The van der Waals surface area contributed by atoms with Gasteiger partial charge in [0.05, 0.1) is 31.1 Å². The topological polar surface area (TPSA) is 92.4 Å². The standard InChI is InChI=1S/C17H23N5O3/c1-21-10-13(8-19-21)17(24)20-14-4-2-6-22(11-14)12-16(23)18-9-15-5-3-7-25-15/h3,5,7-8,10,14H,2,4,6,9,11-12H2,1H3,(H,18,23)(H,20,24). The second-order valence-electron chi connectivity index (χ2n) is 6.31. The first-order valence-corrected chi connectivity index (χ1v) is 8.41. The molecular formula is C17H23N5O3. The van der Waals surface area contributed by atoms with Crippen molar-refractivity contribution in [2.24, 2.45) is 7.05 Å². The maximum absolute atomic E-state index is 12.2. The Kier molecular flexibility index (Phi) is 5.49. The van der Waals surface area contributed by atoms with Gasteiger partial charge in [-0.3, -0.25) is 19.2 Å². The Morgan fingerprint density at radius 2 is 2.32 bits per heavy atom. The van der Waals surface area contributed by atoms with Crippen LogP contribution in [0, 0.1) is 0 Å². The molecule has 2 N–H and O–H groups in total. The number of rotatable bonds is 6. The molecule has 3 heterocycles. The van der Waals surface area contributed by atoms with Crippen molar-refractivity contribution in [2.75, 3.05) is 19.6 Å². The fourth-order valence-corrected chi connectivity index (χ4v) is 2.98. The third-order valence-electron chi connectivity index (χ3n) is 4.21. The first-order chi connectivity index (χ1) is 12.1. The van der Waals surface area contributed by atoms with E-state index in [1.807, 2.05) is 6.07 Å². The molecule has 2 amide bonds. The molecule has 0 bridgehead atoms. The number of hydrogen-bond acceptors (Lipinski definition) is 5. The molecule has 8 nitrogen and oxygen atoms in total. The number of furan rings is 1. The first kappa shape index (κ1) is 17.2. The van der Waals surface area contributed by atoms with Gasteiger partial charge in [-0.25, -0.2) is 0 Å². The molecule has 0 radical (unpaired) electrons. The molecule has 8 heteroatoms. The fourth-order valence-electron chi connectivity index (χ4n) is 2.98. The molecule has 1 saturated heterocycles. The zero-order valence-electron chi connectivity index (χ0n) is 14.3. The van der Waals surface area contributed by atoms with Gasteiger partial charge in [0.25, 0.3) is 5.91 Å². The van der Waals surface area contributed by atoms with Gasteiger partial charge in [0.15, 0.2) is 0 Å². The number of hydrogen-bond donors (Lipinski definition) is 2. The van der Waals surface area contributed by atoms with Crippen LogP contribution in [0.15, 0.2) is 35.2 Å². The normalized spacial score (nSPS) is 18.0. The third kappa shape index (κ3) is 4.93. The Bertz CT molecular complexity index is 710. The number of amides is 2. The molecule has 0 saturated carbocycles. The predicted molar refractivity (Wildman–Crippen MR) is 90.7 cm³/mol. The lowest BCUT2D eigenvalue weighted by atomic mass is 10.1. The maximum atomic E-state index is 12.2. The summed E-state index contributed by atoms with van der Waals surface area (Å²) in [6, 6.07) is 3.66. The van der Waals surface area contributed by atoms with Crippen molar-refractivity contribution in [1.29, 1.82) is 0 Å². The van der Waals surface area contributed by atoms with E-state index in [1.54, 1.807) is 36.5 Å². The van der Waals surface area contributed by atoms with Gasteiger partial charge in [0, 0.05) is 25.8 Å². The van der Waals surface area contributed by atoms with E-state index in [0.29, 0.717) is 25.2 Å². The summed E-state index contributed by atoms with van der Waals surface area (Å²) in [5, 5.41) is 9.88. The number of nitrogens with one attached hydrogen (secondary N) is 2. The summed E-state index contributed by atoms with van der Waals surface area (Å²) in [5.41, 5.74) is 0.552. The van der Waals surface area contributed by atoms with Crippen LogP contribution in [0.3, 0.4) is 0 Å². The van der Waals surface area contributed by atoms with Crippen LogP contribution in [-0.2, 0) is 18.4 Å². The number of piperidine rings is 1. The molecule has 1 fully saturated rings. The Morgan fingerprint density at radius 3 is 3.04 bits per heavy atom. The summed E-state index contributed by atoms with van der Waals surface area (Å²) in [7, 11) is 1.78. The zero-order chi connectivity index (χ0) is 17.6. The lowest BCUT2D eigenvalue weighted by Crippen LogP contribution is -2.50. The number of aromatic nitrogens is 2. The van der Waals surface area contributed by atoms with Crippen molar-refractivity contribution < 1.29 is 14.0 Å². The van der Waals surface area contributed by atoms with E-state index >= 15 is 0 Å². The van der Waals surface area contributed by atoms with Crippen LogP contribution in [0.1, 0.15) is 29.0 Å². The second-order valence-corrected chi connectivity index (χ2v) is 6.31. The molecular weight excluding hydrogens is 322 g/mol. The molecule has 1 unspecified atom stereocenters. The van der Waals surface area contributed by atoms with E-state index in [1.165, 1.54) is 0 Å². The Morgan fingerprint density at radius 1 is 1.44 bits per heavy atom. The summed E-state index contributed by atoms with van der Waals surface area (Å²) in [6.45, 7) is 2.23. The van der Waals surface area contributed by atoms with Crippen LogP contribution < -0.4 is 10.6 Å². The molecule has 1 aliphatic rings. The average molecular weight is 345 g/mol. The van der Waals surface area contributed by atoms with Gasteiger partial charge in [-0.05, 0) is 31.5 Å². The van der Waals surface area contributed by atoms with Crippen molar-refractivity contribution in [3.63, 3.8) is 0 Å². The Balaban J connectivity index is 1.44. The van der Waals surface area contributed by atoms with Gasteiger partial charge in [0.1, 0.15) is 5.76 Å². The quantitative estimate of drug-likeness (QED) is 0.796. The van der Waals surface area contributed by atoms with Crippen LogP contribution in [0.5, 0.6) is 0 Å². The van der Waals surface area contributed by atoms with Crippen molar-refractivity contribution in [3.8, 4) is 0 Å². The molecule has 2 aromatic rings. The zero-order valence-corrected chi connectivity index (χ0v) is 14.3. The monoisotopic (exact) mass is 345 g/mol. The summed E-state index contributed by atoms with van der Waals surface area (Å²) in [5.74, 6) is 0.562. The number of aryl methyl sites for hydroxylation is 1. The molecule has 0 aromatic carbocycles. The minimum atomic E-state index is -0.123. The minimum absolute atomic E-state index is 0.0410. The molecule has 0 aliphatic carbocycles. The summed E-state index contributed by atoms with van der Waals surface area (Å²) in [6.07, 6.45) is 6.69. The van der Waals surface area contributed by atoms with Crippen molar-refractivity contribution in [3.05, 3.63) is 42.1 Å². The SMILES string of the molecule is Cn1cc(C(=O)NC2CCCN(CC(=O)NCc3ccco3)C2)cn1. The maximum Gasteiger partial charge on any atom is 0.254 e. The molecule has 134 valence electrons. The molecule has 1 aliphatic heterocycles. The number of carbonyl (C=O) groups is 2. The van der Waals surface area contributed by atoms with Crippen LogP contribution >= 0.6 is 0 Å². The number of nitrogens with zero attached hydrogens (tertiary/aromatic N) is 3. The Hall–Kier alpha value is -2.61. The van der Waals surface area contributed by atoms with E-state index in [9.17, 15) is 9.59 Å². The minimum Gasteiger partial charge on any atom is -0.467 e. The second kappa shape index (κ2) is 7.98. The average Bonchev–Trinajstić information content (AvgIpc) is 3.25. The van der Waals surface area contributed by atoms with Crippen LogP contribution in [0.25, 0.3) is 0 Å². The van der Waals surface area contributed by atoms with Crippen LogP contribution in [0.4, 0.5) is 0 Å². The van der Waals surface area contributed by atoms with Crippen molar-refractivity contribution in [1.82, 2.24) is 25.3 Å². The van der Waals surface area contributed by atoms with Crippen LogP contribution in [0.2, 0.25) is 0 Å². The van der Waals surface area contributed by atoms with Crippen LogP contribution in [-0.4, -0.2) is 52.2 Å². The smallest absolute Gasteiger partial charge is 0.254 e. The molecule has 3 rings (SSSR count). The predicted octanol–water partition coefficient (Wildman–Crippen LogP) is 0.524. The van der Waals surface area contributed by atoms with E-state index in [4.69, 9.17) is 4.42 Å². The van der Waals surface area contributed by atoms with Gasteiger partial charge < -0.3 is 15.1 Å². The highest BCUT2D eigenvalue weighted by molar-refractivity contribution is 5.93. The third-order valence-corrected chi connectivity index (χ3v) is 4.21. The van der Waals surface area contributed by atoms with Gasteiger partial charge >= 0.3 is 0 Å². The van der Waals surface area contributed by atoms with Crippen molar-refractivity contribution >= 4 is 11.8 Å². The van der Waals surface area contributed by atoms with Gasteiger partial charge in [0.2, 0.25) is 5.91 Å². The van der Waals surface area contributed by atoms with E-state index < -0.39 is 0 Å². The lowest BCUT2D eigenvalue weighted by Gasteiger charge is -2.32. The number of carbonyl (C=O) groups excluding carboxylic acids is 2. The van der Waals surface area contributed by atoms with E-state index in [0.717, 1.165) is 25.1 Å². The summed E-state index contributed by atoms with van der Waals surface area (Å²) < 4.78 is 6.80. The van der Waals surface area contributed by atoms with Gasteiger partial charge in [-0.2, -0.15) is 5.10 Å². The summed E-state index contributed by atoms with van der Waals surface area (Å²) in [4.78, 5) is 26.3. The van der Waals surface area contributed by atoms with E-state index in [-0.39, 0.29) is 17.9 Å². The molecule has 2 aromatic heterocycles. The fraction of sp³-hybridized carbons (Fsp3) is 0.471. The first-order valence-electron chi connectivity index (χ1n) is 8.41. The number of likely N-dealkylation sites (tertiary alicyclic amines) is 1. The highest BCUT2D eigenvalue weighted by atomic mass is 16.3. The molecule has 25 heavy (non-hydrogen) atoms. The van der Waals surface area contributed by atoms with E-state index in [2.05, 4.69) is 20.6 Å². The molecule has 0 spiro atoms. The highest BCUT2D eigenvalue weighted by Crippen LogP contribution is 2.11. The van der Waals surface area contributed by atoms with Crippen molar-refractivity contribution in [2.45, 2.75) is 25.4 Å². The molecule has 1 atom stereocenters. The summed E-state index contributed by atoms with van der Waals surface area (Å²) >= 11 is 0. The largest absolute Gasteiger partial charge is 0.467 e.